The Balaban J connectivity index is 1.93. The summed E-state index contributed by atoms with van der Waals surface area (Å²) in [5, 5.41) is 0. The molecule has 0 saturated carbocycles. The van der Waals surface area contributed by atoms with Crippen LogP contribution < -0.4 is 4.72 Å². The van der Waals surface area contributed by atoms with Gasteiger partial charge in [0.15, 0.2) is 0 Å². The molecule has 0 amide bonds. The van der Waals surface area contributed by atoms with Crippen molar-refractivity contribution in [2.75, 3.05) is 0 Å². The number of benzene rings is 1. The number of rotatable bonds is 11. The molecular weight excluding hydrogens is 346 g/mol. The fourth-order valence-corrected chi connectivity index (χ4v) is 5.32. The summed E-state index contributed by atoms with van der Waals surface area (Å²) in [4.78, 5) is 1.34. The van der Waals surface area contributed by atoms with Crippen LogP contribution in [0.4, 0.5) is 0 Å². The Hall–Kier alpha value is -1.51. The second kappa shape index (κ2) is 9.61. The molecule has 0 fully saturated rings. The minimum absolute atomic E-state index is 0.288. The Bertz CT molecular complexity index is 824. The van der Waals surface area contributed by atoms with Crippen LogP contribution in [0.5, 0.6) is 0 Å². The van der Waals surface area contributed by atoms with Gasteiger partial charge in [0.1, 0.15) is 0 Å². The molecule has 1 unspecified atom stereocenters. The van der Waals surface area contributed by atoms with Gasteiger partial charge in [-0.25, -0.2) is 0 Å². The van der Waals surface area contributed by atoms with Gasteiger partial charge in [0, 0.05) is 12.5 Å². The van der Waals surface area contributed by atoms with Crippen molar-refractivity contribution in [1.29, 1.82) is 0 Å². The number of hydrogen-bond donors (Lipinski definition) is 1. The molecule has 0 saturated heterocycles. The predicted molar refractivity (Wildman–Crippen MR) is 129 cm³/mol. The lowest BCUT2D eigenvalue weighted by Gasteiger charge is -2.26. The molecule has 2 rings (SSSR count). The summed E-state index contributed by atoms with van der Waals surface area (Å²) in [6.45, 7) is 14.8. The van der Waals surface area contributed by atoms with E-state index in [-0.39, 0.29) is 6.04 Å². The third-order valence-corrected chi connectivity index (χ3v) is 7.47. The van der Waals surface area contributed by atoms with Crippen LogP contribution in [-0.4, -0.2) is 17.8 Å². The molecule has 0 radical (unpaired) electrons. The zero-order valence-electron chi connectivity index (χ0n) is 17.6. The van der Waals surface area contributed by atoms with E-state index in [2.05, 4.69) is 74.7 Å². The topological polar surface area (TPSA) is 12.0 Å². The first-order valence-electron chi connectivity index (χ1n) is 10.1. The molecular formula is C25H37NS. The second-order valence-corrected chi connectivity index (χ2v) is 10.6. The van der Waals surface area contributed by atoms with Crippen LogP contribution in [0, 0.1) is 6.92 Å². The predicted octanol–water partition coefficient (Wildman–Crippen LogP) is 6.93. The number of allylic oxidation sites excluding steroid dienone is 2. The maximum absolute atomic E-state index is 4.50. The maximum Gasteiger partial charge on any atom is 0.0369 e. The molecule has 148 valence electrons. The molecule has 1 aliphatic rings. The lowest BCUT2D eigenvalue weighted by molar-refractivity contribution is 0.572. The summed E-state index contributed by atoms with van der Waals surface area (Å²) in [6, 6.07) is 6.97. The number of nitrogens with one attached hydrogen (secondary N) is 1. The van der Waals surface area contributed by atoms with E-state index >= 15 is 0 Å². The summed E-state index contributed by atoms with van der Waals surface area (Å²) < 4.78 is 3.77. The molecule has 0 spiro atoms. The molecule has 1 aromatic carbocycles. The van der Waals surface area contributed by atoms with E-state index in [0.717, 1.165) is 25.7 Å². The van der Waals surface area contributed by atoms with Gasteiger partial charge in [0.2, 0.25) is 0 Å². The summed E-state index contributed by atoms with van der Waals surface area (Å²) in [5.41, 5.74) is 6.59. The normalized spacial score (nSPS) is 14.6. The molecule has 1 aromatic rings. The van der Waals surface area contributed by atoms with Crippen LogP contribution in [0.1, 0.15) is 69.1 Å². The van der Waals surface area contributed by atoms with Crippen molar-refractivity contribution < 1.29 is 0 Å². The average molecular weight is 384 g/mol. The summed E-state index contributed by atoms with van der Waals surface area (Å²) in [7, 11) is -1.51. The number of hydrogen-bond acceptors (Lipinski definition) is 1. The molecule has 27 heavy (non-hydrogen) atoms. The van der Waals surface area contributed by atoms with E-state index in [1.165, 1.54) is 52.0 Å². The standard InChI is InChI=1S/C25H37NS/c1-8-20(4)12-10-9-11-13-25(19(2)3)26-27(6,7)24-17-22-15-14-21(5)16-23(22)18-24/h14-17,25-26H,2,4,6-13,18H2,1,3,5H3. The molecule has 1 atom stereocenters. The summed E-state index contributed by atoms with van der Waals surface area (Å²) in [5.74, 6) is 9.00. The van der Waals surface area contributed by atoms with Crippen molar-refractivity contribution in [2.45, 2.75) is 71.8 Å². The molecule has 1 N–H and O–H groups in total. The SMILES string of the molecule is C=C(CC)CCCCCC(NS(=C)(=C)C1=Cc2ccc(C)cc2C1)C(=C)C. The van der Waals surface area contributed by atoms with Gasteiger partial charge < -0.3 is 0 Å². The Morgan fingerprint density at radius 3 is 2.59 bits per heavy atom. The Morgan fingerprint density at radius 2 is 1.93 bits per heavy atom. The fraction of sp³-hybridized carbons (Fsp3) is 0.440. The molecule has 0 aromatic heterocycles. The smallest absolute Gasteiger partial charge is 0.0369 e. The van der Waals surface area contributed by atoms with Crippen LogP contribution in [0.3, 0.4) is 0 Å². The van der Waals surface area contributed by atoms with Gasteiger partial charge in [-0.2, -0.15) is 0 Å². The van der Waals surface area contributed by atoms with Crippen LogP contribution in [0.15, 0.2) is 47.4 Å². The van der Waals surface area contributed by atoms with Crippen LogP contribution in [0.25, 0.3) is 6.08 Å². The van der Waals surface area contributed by atoms with Crippen LogP contribution in [-0.2, 0) is 6.42 Å². The average Bonchev–Trinajstić information content (AvgIpc) is 3.04. The summed E-state index contributed by atoms with van der Waals surface area (Å²) in [6.07, 6.45) is 10.3. The zero-order chi connectivity index (χ0) is 20.0. The van der Waals surface area contributed by atoms with Gasteiger partial charge in [0.25, 0.3) is 0 Å². The van der Waals surface area contributed by atoms with Gasteiger partial charge in [-0.1, -0.05) is 79.6 Å². The highest BCUT2D eigenvalue weighted by atomic mass is 32.2. The van der Waals surface area contributed by atoms with E-state index < -0.39 is 9.39 Å². The lowest BCUT2D eigenvalue weighted by atomic mass is 10.0. The Labute approximate surface area is 167 Å². The Morgan fingerprint density at radius 1 is 1.19 bits per heavy atom. The van der Waals surface area contributed by atoms with Gasteiger partial charge in [0.05, 0.1) is 0 Å². The van der Waals surface area contributed by atoms with Gasteiger partial charge in [-0.15, -0.1) is 9.39 Å². The first kappa shape index (κ1) is 21.8. The molecule has 0 bridgehead atoms. The van der Waals surface area contributed by atoms with Crippen LogP contribution in [0.2, 0.25) is 0 Å². The first-order valence-corrected chi connectivity index (χ1v) is 12.1. The number of unbranched alkanes of at least 4 members (excludes halogenated alkanes) is 2. The molecule has 0 heterocycles. The molecule has 0 aliphatic heterocycles. The van der Waals surface area contributed by atoms with E-state index in [1.54, 1.807) is 0 Å². The number of aryl methyl sites for hydroxylation is 1. The second-order valence-electron chi connectivity index (χ2n) is 8.09. The van der Waals surface area contributed by atoms with Gasteiger partial charge in [-0.3, -0.25) is 4.72 Å². The maximum atomic E-state index is 4.50. The summed E-state index contributed by atoms with van der Waals surface area (Å²) >= 11 is 0. The van der Waals surface area contributed by atoms with Crippen molar-refractivity contribution in [1.82, 2.24) is 4.72 Å². The number of fused-ring (bicyclic) bond motifs is 1. The highest BCUT2D eigenvalue weighted by molar-refractivity contribution is 8.29. The third kappa shape index (κ3) is 6.26. The van der Waals surface area contributed by atoms with Crippen molar-refractivity contribution >= 4 is 27.2 Å². The third-order valence-electron chi connectivity index (χ3n) is 5.47. The van der Waals surface area contributed by atoms with Gasteiger partial charge in [-0.05, 0) is 61.6 Å². The van der Waals surface area contributed by atoms with E-state index in [4.69, 9.17) is 0 Å². The quantitative estimate of drug-likeness (QED) is 0.248. The highest BCUT2D eigenvalue weighted by Crippen LogP contribution is 2.39. The fourth-order valence-electron chi connectivity index (χ4n) is 3.52. The van der Waals surface area contributed by atoms with E-state index in [1.807, 2.05) is 0 Å². The minimum atomic E-state index is -1.51. The van der Waals surface area contributed by atoms with E-state index in [0.29, 0.717) is 0 Å². The van der Waals surface area contributed by atoms with Crippen molar-refractivity contribution in [3.8, 4) is 0 Å². The molecule has 1 nitrogen and oxygen atoms in total. The van der Waals surface area contributed by atoms with Crippen molar-refractivity contribution in [3.05, 3.63) is 64.1 Å². The van der Waals surface area contributed by atoms with Crippen molar-refractivity contribution in [3.63, 3.8) is 0 Å². The first-order chi connectivity index (χ1) is 12.7. The molecule has 1 aliphatic carbocycles. The van der Waals surface area contributed by atoms with Gasteiger partial charge >= 0.3 is 0 Å². The minimum Gasteiger partial charge on any atom is -0.265 e. The largest absolute Gasteiger partial charge is 0.265 e. The Kier molecular flexibility index (Phi) is 7.76. The zero-order valence-corrected chi connectivity index (χ0v) is 18.4. The van der Waals surface area contributed by atoms with Crippen molar-refractivity contribution in [2.24, 2.45) is 0 Å². The van der Waals surface area contributed by atoms with E-state index in [9.17, 15) is 0 Å². The monoisotopic (exact) mass is 383 g/mol. The highest BCUT2D eigenvalue weighted by Gasteiger charge is 2.19. The van der Waals surface area contributed by atoms with Crippen LogP contribution >= 0.6 is 9.39 Å². The molecule has 2 heteroatoms. The lowest BCUT2D eigenvalue weighted by Crippen LogP contribution is -2.27.